The highest BCUT2D eigenvalue weighted by atomic mass is 35.5. The van der Waals surface area contributed by atoms with Gasteiger partial charge in [0, 0.05) is 53.4 Å². The molecule has 0 saturated carbocycles. The van der Waals surface area contributed by atoms with Gasteiger partial charge in [0.2, 0.25) is 5.91 Å². The molecule has 1 aliphatic heterocycles. The molecule has 8 heteroatoms. The van der Waals surface area contributed by atoms with Gasteiger partial charge in [0.25, 0.3) is 5.91 Å². The number of nitrogens with two attached hydrogens (primary N) is 1. The van der Waals surface area contributed by atoms with Crippen LogP contribution >= 0.6 is 23.2 Å². The average molecular weight is 407 g/mol. The van der Waals surface area contributed by atoms with Gasteiger partial charge in [0.1, 0.15) is 0 Å². The van der Waals surface area contributed by atoms with Gasteiger partial charge < -0.3 is 16.0 Å². The van der Waals surface area contributed by atoms with Crippen molar-refractivity contribution in [2.24, 2.45) is 5.73 Å². The van der Waals surface area contributed by atoms with E-state index in [0.29, 0.717) is 45.4 Å². The molecule has 0 unspecified atom stereocenters. The third-order valence-electron chi connectivity index (χ3n) is 4.72. The predicted octanol–water partition coefficient (Wildman–Crippen LogP) is 2.57. The number of aromatic nitrogens is 1. The molecule has 3 N–H and O–H groups in total. The smallest absolute Gasteiger partial charge is 0.256 e. The highest BCUT2D eigenvalue weighted by molar-refractivity contribution is 6.36. The van der Waals surface area contributed by atoms with E-state index in [2.05, 4.69) is 10.3 Å². The Morgan fingerprint density at radius 3 is 2.70 bits per heavy atom. The number of benzene rings is 1. The van der Waals surface area contributed by atoms with E-state index in [4.69, 9.17) is 28.9 Å². The van der Waals surface area contributed by atoms with Crippen molar-refractivity contribution in [3.8, 4) is 11.1 Å². The minimum absolute atomic E-state index is 0.00556. The second-order valence-electron chi connectivity index (χ2n) is 6.35. The van der Waals surface area contributed by atoms with E-state index in [0.717, 1.165) is 11.3 Å². The molecule has 0 fully saturated rings. The van der Waals surface area contributed by atoms with Crippen LogP contribution in [0.5, 0.6) is 0 Å². The number of carbonyl (C=O) groups excluding carboxylic acids is 2. The van der Waals surface area contributed by atoms with E-state index in [1.807, 2.05) is 6.92 Å². The number of fused-ring (bicyclic) bond motifs is 1. The summed E-state index contributed by atoms with van der Waals surface area (Å²) in [7, 11) is 1.54. The predicted molar refractivity (Wildman–Crippen MR) is 106 cm³/mol. The zero-order chi connectivity index (χ0) is 19.7. The number of likely N-dealkylation sites (N-methyl/N-ethyl adjacent to an activating group) is 1. The minimum atomic E-state index is -0.247. The van der Waals surface area contributed by atoms with Crippen molar-refractivity contribution < 1.29 is 9.59 Å². The van der Waals surface area contributed by atoms with Crippen LogP contribution in [0.3, 0.4) is 0 Å². The summed E-state index contributed by atoms with van der Waals surface area (Å²) in [6, 6.07) is 5.14. The maximum absolute atomic E-state index is 13.2. The molecule has 1 aliphatic rings. The number of hydrogen-bond acceptors (Lipinski definition) is 4. The topological polar surface area (TPSA) is 88.3 Å². The van der Waals surface area contributed by atoms with Crippen LogP contribution in [-0.2, 0) is 17.8 Å². The second-order valence-corrected chi connectivity index (χ2v) is 7.19. The summed E-state index contributed by atoms with van der Waals surface area (Å²) < 4.78 is 0. The Hall–Kier alpha value is -2.15. The van der Waals surface area contributed by atoms with E-state index in [9.17, 15) is 9.59 Å². The molecule has 2 aromatic rings. The molecule has 1 aromatic carbocycles. The van der Waals surface area contributed by atoms with Crippen molar-refractivity contribution in [3.05, 3.63) is 50.8 Å². The van der Waals surface area contributed by atoms with E-state index in [-0.39, 0.29) is 24.9 Å². The Balaban J connectivity index is 2.23. The van der Waals surface area contributed by atoms with Gasteiger partial charge in [-0.2, -0.15) is 0 Å². The zero-order valence-electron chi connectivity index (χ0n) is 15.1. The van der Waals surface area contributed by atoms with Crippen LogP contribution in [0.4, 0.5) is 0 Å². The van der Waals surface area contributed by atoms with Crippen LogP contribution < -0.4 is 11.1 Å². The lowest BCUT2D eigenvalue weighted by Crippen LogP contribution is -2.44. The molecule has 3 rings (SSSR count). The first-order valence-corrected chi connectivity index (χ1v) is 9.30. The van der Waals surface area contributed by atoms with Crippen molar-refractivity contribution in [1.82, 2.24) is 15.2 Å². The van der Waals surface area contributed by atoms with Crippen molar-refractivity contribution in [2.75, 3.05) is 20.1 Å². The Morgan fingerprint density at radius 2 is 2.07 bits per heavy atom. The Morgan fingerprint density at radius 1 is 1.33 bits per heavy atom. The molecule has 6 nitrogen and oxygen atoms in total. The van der Waals surface area contributed by atoms with E-state index in [1.54, 1.807) is 25.2 Å². The number of halogens is 2. The van der Waals surface area contributed by atoms with Crippen LogP contribution in [0.2, 0.25) is 10.0 Å². The second kappa shape index (κ2) is 7.84. The van der Waals surface area contributed by atoms with Crippen molar-refractivity contribution in [1.29, 1.82) is 0 Å². The molecule has 0 atom stereocenters. The van der Waals surface area contributed by atoms with E-state index >= 15 is 0 Å². The SMILES string of the molecule is CNC(=O)CN1CCc2nc(C)c(CN)c(-c3ccc(Cl)cc3Cl)c2C1=O. The summed E-state index contributed by atoms with van der Waals surface area (Å²) in [6.45, 7) is 2.51. The summed E-state index contributed by atoms with van der Waals surface area (Å²) >= 11 is 12.5. The van der Waals surface area contributed by atoms with E-state index < -0.39 is 0 Å². The third-order valence-corrected chi connectivity index (χ3v) is 5.27. The molecular formula is C19H20Cl2N4O2. The summed E-state index contributed by atoms with van der Waals surface area (Å²) in [4.78, 5) is 31.1. The average Bonchev–Trinajstić information content (AvgIpc) is 2.63. The number of nitrogens with one attached hydrogen (secondary N) is 1. The molecule has 2 heterocycles. The highest BCUT2D eigenvalue weighted by Crippen LogP contribution is 2.38. The molecule has 0 aliphatic carbocycles. The lowest BCUT2D eigenvalue weighted by Gasteiger charge is -2.30. The van der Waals surface area contributed by atoms with Gasteiger partial charge in [-0.05, 0) is 24.6 Å². The molecule has 142 valence electrons. The van der Waals surface area contributed by atoms with Crippen molar-refractivity contribution in [2.45, 2.75) is 19.9 Å². The number of amides is 2. The van der Waals surface area contributed by atoms with Gasteiger partial charge in [-0.15, -0.1) is 0 Å². The van der Waals surface area contributed by atoms with E-state index in [1.165, 1.54) is 4.90 Å². The summed E-state index contributed by atoms with van der Waals surface area (Å²) in [5, 5.41) is 3.48. The normalized spacial score (nSPS) is 13.5. The van der Waals surface area contributed by atoms with Gasteiger partial charge in [-0.3, -0.25) is 14.6 Å². The molecule has 0 saturated heterocycles. The fourth-order valence-corrected chi connectivity index (χ4v) is 3.86. The lowest BCUT2D eigenvalue weighted by atomic mass is 9.89. The molecule has 27 heavy (non-hydrogen) atoms. The minimum Gasteiger partial charge on any atom is -0.358 e. The fourth-order valence-electron chi connectivity index (χ4n) is 3.36. The number of aryl methyl sites for hydroxylation is 1. The quantitative estimate of drug-likeness (QED) is 0.816. The fraction of sp³-hybridized carbons (Fsp3) is 0.316. The summed E-state index contributed by atoms with van der Waals surface area (Å²) in [6.07, 6.45) is 0.558. The van der Waals surface area contributed by atoms with Crippen LogP contribution in [0.15, 0.2) is 18.2 Å². The third kappa shape index (κ3) is 3.65. The number of carbonyl (C=O) groups is 2. The van der Waals surface area contributed by atoms with Gasteiger partial charge >= 0.3 is 0 Å². The highest BCUT2D eigenvalue weighted by Gasteiger charge is 2.32. The van der Waals surface area contributed by atoms with Crippen molar-refractivity contribution in [3.63, 3.8) is 0 Å². The Bertz CT molecular complexity index is 930. The number of hydrogen-bond donors (Lipinski definition) is 2. The first kappa shape index (κ1) is 19.6. The first-order chi connectivity index (χ1) is 12.9. The molecule has 0 radical (unpaired) electrons. The van der Waals surface area contributed by atoms with Crippen LogP contribution in [0.1, 0.15) is 27.3 Å². The monoisotopic (exact) mass is 406 g/mol. The van der Waals surface area contributed by atoms with Crippen molar-refractivity contribution >= 4 is 35.0 Å². The number of pyridine rings is 1. The van der Waals surface area contributed by atoms with Gasteiger partial charge in [0.15, 0.2) is 0 Å². The first-order valence-electron chi connectivity index (χ1n) is 8.55. The number of rotatable bonds is 4. The Kier molecular flexibility index (Phi) is 5.69. The molecule has 0 bridgehead atoms. The maximum atomic E-state index is 13.2. The molecule has 2 amide bonds. The summed E-state index contributed by atoms with van der Waals surface area (Å²) in [5.74, 6) is -0.472. The largest absolute Gasteiger partial charge is 0.358 e. The van der Waals surface area contributed by atoms with Crippen LogP contribution in [0.25, 0.3) is 11.1 Å². The molecule has 0 spiro atoms. The zero-order valence-corrected chi connectivity index (χ0v) is 16.6. The van der Waals surface area contributed by atoms with Crippen LogP contribution in [-0.4, -0.2) is 41.8 Å². The summed E-state index contributed by atoms with van der Waals surface area (Å²) in [5.41, 5.74) is 10.0. The van der Waals surface area contributed by atoms with Gasteiger partial charge in [0.05, 0.1) is 17.8 Å². The standard InChI is InChI=1S/C19H20Cl2N4O2/c1-10-13(8-22)17(12-4-3-11(20)7-14(12)21)18-15(24-10)5-6-25(19(18)27)9-16(26)23-2/h3-4,7H,5-6,8-9,22H2,1-2H3,(H,23,26). The Labute approximate surface area is 167 Å². The van der Waals surface area contributed by atoms with Gasteiger partial charge in [-0.25, -0.2) is 0 Å². The number of nitrogens with zero attached hydrogens (tertiary/aromatic N) is 2. The van der Waals surface area contributed by atoms with Crippen LogP contribution in [0, 0.1) is 6.92 Å². The molecule has 1 aromatic heterocycles. The molecular weight excluding hydrogens is 387 g/mol. The lowest BCUT2D eigenvalue weighted by molar-refractivity contribution is -0.121. The maximum Gasteiger partial charge on any atom is 0.256 e. The van der Waals surface area contributed by atoms with Gasteiger partial charge in [-0.1, -0.05) is 29.3 Å².